The lowest BCUT2D eigenvalue weighted by molar-refractivity contribution is -0.123. The Morgan fingerprint density at radius 3 is 2.64 bits per heavy atom. The summed E-state index contributed by atoms with van der Waals surface area (Å²) in [6, 6.07) is 17.1. The highest BCUT2D eigenvalue weighted by atomic mass is 32.2. The highest BCUT2D eigenvalue weighted by Gasteiger charge is 2.35. The molecule has 0 aliphatic carbocycles. The monoisotopic (exact) mass is 387 g/mol. The topological polar surface area (TPSA) is 66.1 Å². The maximum atomic E-state index is 12.9. The molecule has 0 spiro atoms. The normalized spacial score (nSPS) is 15.6. The number of nitrogens with zero attached hydrogens (tertiary/aromatic N) is 3. The molecule has 0 saturated carbocycles. The van der Waals surface area contributed by atoms with E-state index in [0.29, 0.717) is 16.0 Å². The fourth-order valence-electron chi connectivity index (χ4n) is 3.37. The van der Waals surface area contributed by atoms with Gasteiger partial charge in [0.1, 0.15) is 0 Å². The van der Waals surface area contributed by atoms with E-state index >= 15 is 0 Å². The predicted molar refractivity (Wildman–Crippen MR) is 110 cm³/mol. The summed E-state index contributed by atoms with van der Waals surface area (Å²) in [4.78, 5) is 26.9. The number of thioether (sulfide) groups is 1. The lowest BCUT2D eigenvalue weighted by atomic mass is 10.1. The quantitative estimate of drug-likeness (QED) is 0.605. The van der Waals surface area contributed by atoms with Crippen LogP contribution in [-0.4, -0.2) is 20.6 Å². The first kappa shape index (κ1) is 18.1. The first-order valence-electron chi connectivity index (χ1n) is 8.93. The van der Waals surface area contributed by atoms with Gasteiger partial charge in [-0.25, -0.2) is 0 Å². The number of hydrogen-bond donors (Lipinski definition) is 0. The molecule has 2 aromatic carbocycles. The lowest BCUT2D eigenvalue weighted by Gasteiger charge is -2.13. The van der Waals surface area contributed by atoms with Crippen molar-refractivity contribution >= 4 is 39.9 Å². The number of aryl methyl sites for hydroxylation is 1. The third-order valence-electron chi connectivity index (χ3n) is 4.79. The summed E-state index contributed by atoms with van der Waals surface area (Å²) in [5.41, 5.74) is 3.14. The number of benzene rings is 2. The van der Waals surface area contributed by atoms with E-state index in [1.165, 1.54) is 4.90 Å². The van der Waals surface area contributed by atoms with Gasteiger partial charge in [-0.15, -0.1) is 0 Å². The smallest absolute Gasteiger partial charge is 0.293 e. The van der Waals surface area contributed by atoms with Gasteiger partial charge in [-0.3, -0.25) is 14.5 Å². The second-order valence-electron chi connectivity index (χ2n) is 6.42. The minimum absolute atomic E-state index is 0.0997. The molecule has 1 aromatic heterocycles. The van der Waals surface area contributed by atoms with Gasteiger partial charge < -0.3 is 4.57 Å². The average Bonchev–Trinajstić information content (AvgIpc) is 3.21. The fourth-order valence-corrected chi connectivity index (χ4v) is 4.20. The maximum Gasteiger partial charge on any atom is 0.293 e. The first-order valence-corrected chi connectivity index (χ1v) is 9.75. The molecule has 0 atom stereocenters. The van der Waals surface area contributed by atoms with E-state index in [1.54, 1.807) is 30.3 Å². The van der Waals surface area contributed by atoms with Crippen LogP contribution in [0.15, 0.2) is 59.6 Å². The number of fused-ring (bicyclic) bond motifs is 1. The summed E-state index contributed by atoms with van der Waals surface area (Å²) in [5.74, 6) is -0.323. The standard InChI is InChI=1S/C22H17N3O2S/c1-2-24-13-17(18-9-5-6-10-19(18)24)11-20-21(26)25(22(27)28-20)14-16-8-4-3-7-15(16)12-23/h3-11,13H,2,14H2,1H3/b20-11+. The molecular formula is C22H17N3O2S. The summed E-state index contributed by atoms with van der Waals surface area (Å²) in [5, 5.41) is 9.97. The average molecular weight is 387 g/mol. The molecular weight excluding hydrogens is 370 g/mol. The molecule has 0 unspecified atom stereocenters. The SMILES string of the molecule is CCn1cc(/C=C2/SC(=O)N(Cc3ccccc3C#N)C2=O)c2ccccc21. The Bertz CT molecular complexity index is 1170. The molecule has 4 rings (SSSR count). The third kappa shape index (κ3) is 3.10. The molecule has 1 aliphatic heterocycles. The Morgan fingerprint density at radius 2 is 1.86 bits per heavy atom. The van der Waals surface area contributed by atoms with Gasteiger partial charge in [0.15, 0.2) is 0 Å². The molecule has 1 fully saturated rings. The van der Waals surface area contributed by atoms with Crippen LogP contribution < -0.4 is 0 Å². The van der Waals surface area contributed by atoms with E-state index in [2.05, 4.69) is 17.6 Å². The van der Waals surface area contributed by atoms with Crippen LogP contribution >= 0.6 is 11.8 Å². The summed E-state index contributed by atoms with van der Waals surface area (Å²) >= 11 is 0.941. The number of imide groups is 1. The van der Waals surface area contributed by atoms with Crippen molar-refractivity contribution in [1.82, 2.24) is 9.47 Å². The number of para-hydroxylation sites is 1. The van der Waals surface area contributed by atoms with Gasteiger partial charge >= 0.3 is 0 Å². The maximum absolute atomic E-state index is 12.9. The fraction of sp³-hybridized carbons (Fsp3) is 0.136. The Morgan fingerprint density at radius 1 is 1.11 bits per heavy atom. The summed E-state index contributed by atoms with van der Waals surface area (Å²) < 4.78 is 2.12. The van der Waals surface area contributed by atoms with E-state index in [1.807, 2.05) is 30.5 Å². The number of aromatic nitrogens is 1. The van der Waals surface area contributed by atoms with Gasteiger partial charge in [0, 0.05) is 29.2 Å². The number of hydrogen-bond acceptors (Lipinski definition) is 4. The molecule has 5 nitrogen and oxygen atoms in total. The number of nitriles is 1. The molecule has 138 valence electrons. The van der Waals surface area contributed by atoms with Gasteiger partial charge in [0.2, 0.25) is 0 Å². The second kappa shape index (κ2) is 7.37. The van der Waals surface area contributed by atoms with Crippen molar-refractivity contribution in [3.63, 3.8) is 0 Å². The Labute approximate surface area is 166 Å². The molecule has 1 saturated heterocycles. The van der Waals surface area contributed by atoms with Crippen molar-refractivity contribution in [2.45, 2.75) is 20.0 Å². The van der Waals surface area contributed by atoms with E-state index < -0.39 is 0 Å². The highest BCUT2D eigenvalue weighted by Crippen LogP contribution is 2.35. The molecule has 3 aromatic rings. The van der Waals surface area contributed by atoms with Crippen molar-refractivity contribution in [3.8, 4) is 6.07 Å². The molecule has 0 radical (unpaired) electrons. The van der Waals surface area contributed by atoms with Crippen LogP contribution in [0.1, 0.15) is 23.6 Å². The van der Waals surface area contributed by atoms with Crippen LogP contribution in [0.25, 0.3) is 17.0 Å². The number of carbonyl (C=O) groups is 2. The van der Waals surface area contributed by atoms with Gasteiger partial charge in [-0.1, -0.05) is 36.4 Å². The van der Waals surface area contributed by atoms with Crippen molar-refractivity contribution in [2.75, 3.05) is 0 Å². The summed E-state index contributed by atoms with van der Waals surface area (Å²) in [7, 11) is 0. The molecule has 2 heterocycles. The first-order chi connectivity index (χ1) is 13.6. The molecule has 6 heteroatoms. The van der Waals surface area contributed by atoms with Crippen LogP contribution in [0, 0.1) is 11.3 Å². The van der Waals surface area contributed by atoms with E-state index in [9.17, 15) is 14.9 Å². The Hall–Kier alpha value is -3.30. The Balaban J connectivity index is 1.67. The number of amides is 2. The second-order valence-corrected chi connectivity index (χ2v) is 7.42. The highest BCUT2D eigenvalue weighted by molar-refractivity contribution is 8.18. The van der Waals surface area contributed by atoms with Crippen LogP contribution in [0.5, 0.6) is 0 Å². The zero-order valence-electron chi connectivity index (χ0n) is 15.3. The summed E-state index contributed by atoms with van der Waals surface area (Å²) in [6.45, 7) is 2.99. The van der Waals surface area contributed by atoms with E-state index in [-0.39, 0.29) is 17.7 Å². The summed E-state index contributed by atoms with van der Waals surface area (Å²) in [6.07, 6.45) is 3.79. The zero-order valence-corrected chi connectivity index (χ0v) is 16.1. The predicted octanol–water partition coefficient (Wildman–Crippen LogP) is 4.77. The molecule has 1 aliphatic rings. The zero-order chi connectivity index (χ0) is 19.7. The Kier molecular flexibility index (Phi) is 4.76. The van der Waals surface area contributed by atoms with Crippen LogP contribution in [-0.2, 0) is 17.9 Å². The van der Waals surface area contributed by atoms with Crippen LogP contribution in [0.3, 0.4) is 0 Å². The molecule has 0 bridgehead atoms. The van der Waals surface area contributed by atoms with Crippen molar-refractivity contribution in [2.24, 2.45) is 0 Å². The van der Waals surface area contributed by atoms with Crippen molar-refractivity contribution in [3.05, 3.63) is 76.3 Å². The van der Waals surface area contributed by atoms with Crippen molar-refractivity contribution < 1.29 is 9.59 Å². The minimum atomic E-state index is -0.323. The molecule has 0 N–H and O–H groups in total. The van der Waals surface area contributed by atoms with Crippen molar-refractivity contribution in [1.29, 1.82) is 5.26 Å². The van der Waals surface area contributed by atoms with Gasteiger partial charge in [-0.05, 0) is 42.5 Å². The van der Waals surface area contributed by atoms with E-state index in [4.69, 9.17) is 0 Å². The van der Waals surface area contributed by atoms with Gasteiger partial charge in [0.25, 0.3) is 11.1 Å². The molecule has 28 heavy (non-hydrogen) atoms. The third-order valence-corrected chi connectivity index (χ3v) is 5.69. The molecule has 2 amide bonds. The number of carbonyl (C=O) groups excluding carboxylic acids is 2. The van der Waals surface area contributed by atoms with Gasteiger partial charge in [0.05, 0.1) is 23.1 Å². The van der Waals surface area contributed by atoms with Crippen LogP contribution in [0.4, 0.5) is 4.79 Å². The van der Waals surface area contributed by atoms with Gasteiger partial charge in [-0.2, -0.15) is 5.26 Å². The van der Waals surface area contributed by atoms with Crippen LogP contribution in [0.2, 0.25) is 0 Å². The number of rotatable bonds is 4. The minimum Gasteiger partial charge on any atom is -0.347 e. The van der Waals surface area contributed by atoms with E-state index in [0.717, 1.165) is 34.8 Å². The lowest BCUT2D eigenvalue weighted by Crippen LogP contribution is -2.27. The largest absolute Gasteiger partial charge is 0.347 e.